The third-order valence-corrected chi connectivity index (χ3v) is 7.94. The number of aromatic nitrogens is 1. The number of hydrogen-bond donors (Lipinski definition) is 0. The molecule has 1 atom stereocenters. The van der Waals surface area contributed by atoms with Crippen molar-refractivity contribution in [3.05, 3.63) is 138 Å². The number of ether oxygens (including phenoxy) is 3. The number of nitrogens with zero attached hydrogens (tertiary/aromatic N) is 2. The lowest BCUT2D eigenvalue weighted by Crippen LogP contribution is -2.39. The first kappa shape index (κ1) is 29.1. The standard InChI is InChI=1S/C33H29ClN2O5S/c1-4-17-40-25-15-13-23(14-16-25)30-29(32(38)39-5-2)21(3)35-33-36(30)31(37)28(42-33)19-22-9-8-11-26(18-22)41-20-24-10-6-7-12-27(24)34/h4,6-16,18-19,30H,1,5,17,20H2,2-3H3/b28-19+/t30-/m0/s1. The van der Waals surface area contributed by atoms with Crippen molar-refractivity contribution in [3.63, 3.8) is 0 Å². The molecule has 3 aromatic carbocycles. The van der Waals surface area contributed by atoms with Gasteiger partial charge in [0.25, 0.3) is 5.56 Å². The summed E-state index contributed by atoms with van der Waals surface area (Å²) >= 11 is 7.53. The molecule has 9 heteroatoms. The maximum Gasteiger partial charge on any atom is 0.338 e. The molecule has 0 spiro atoms. The average Bonchev–Trinajstić information content (AvgIpc) is 3.29. The van der Waals surface area contributed by atoms with E-state index < -0.39 is 12.0 Å². The third kappa shape index (κ3) is 6.25. The molecule has 0 aliphatic carbocycles. The van der Waals surface area contributed by atoms with Crippen LogP contribution >= 0.6 is 22.9 Å². The van der Waals surface area contributed by atoms with Gasteiger partial charge in [0.1, 0.15) is 24.7 Å². The molecule has 0 unspecified atom stereocenters. The van der Waals surface area contributed by atoms with Crippen LogP contribution in [0, 0.1) is 0 Å². The zero-order valence-electron chi connectivity index (χ0n) is 23.2. The van der Waals surface area contributed by atoms with Crippen molar-refractivity contribution in [3.8, 4) is 11.5 Å². The molecule has 42 heavy (non-hydrogen) atoms. The van der Waals surface area contributed by atoms with Crippen LogP contribution in [0.3, 0.4) is 0 Å². The minimum absolute atomic E-state index is 0.204. The Labute approximate surface area is 252 Å². The lowest BCUT2D eigenvalue weighted by Gasteiger charge is -2.24. The molecule has 0 bridgehead atoms. The van der Waals surface area contributed by atoms with Crippen LogP contribution in [0.1, 0.15) is 36.6 Å². The van der Waals surface area contributed by atoms with Crippen molar-refractivity contribution < 1.29 is 19.0 Å². The van der Waals surface area contributed by atoms with Crippen LogP contribution in [-0.4, -0.2) is 23.8 Å². The van der Waals surface area contributed by atoms with Crippen LogP contribution in [0.4, 0.5) is 0 Å². The van der Waals surface area contributed by atoms with E-state index in [4.69, 9.17) is 25.8 Å². The quantitative estimate of drug-likeness (QED) is 0.175. The molecule has 0 amide bonds. The summed E-state index contributed by atoms with van der Waals surface area (Å²) in [5, 5.41) is 0.640. The molecule has 214 valence electrons. The maximum atomic E-state index is 13.9. The third-order valence-electron chi connectivity index (χ3n) is 6.59. The van der Waals surface area contributed by atoms with Crippen molar-refractivity contribution in [2.45, 2.75) is 26.5 Å². The second-order valence-corrected chi connectivity index (χ2v) is 10.8. The molecular formula is C33H29ClN2O5S. The van der Waals surface area contributed by atoms with Gasteiger partial charge in [-0.3, -0.25) is 9.36 Å². The highest BCUT2D eigenvalue weighted by molar-refractivity contribution is 7.07. The fraction of sp³-hybridized carbons (Fsp3) is 0.182. The molecule has 0 N–H and O–H groups in total. The lowest BCUT2D eigenvalue weighted by molar-refractivity contribution is -0.139. The van der Waals surface area contributed by atoms with Crippen molar-refractivity contribution in [2.75, 3.05) is 13.2 Å². The molecule has 2 heterocycles. The zero-order chi connectivity index (χ0) is 29.6. The van der Waals surface area contributed by atoms with Crippen molar-refractivity contribution >= 4 is 35.0 Å². The summed E-state index contributed by atoms with van der Waals surface area (Å²) < 4.78 is 19.0. The van der Waals surface area contributed by atoms with Gasteiger partial charge in [-0.1, -0.05) is 78.1 Å². The number of halogens is 1. The number of rotatable bonds is 10. The van der Waals surface area contributed by atoms with Crippen LogP contribution in [0.5, 0.6) is 11.5 Å². The van der Waals surface area contributed by atoms with Crippen LogP contribution < -0.4 is 24.4 Å². The Balaban J connectivity index is 1.53. The highest BCUT2D eigenvalue weighted by Gasteiger charge is 2.33. The van der Waals surface area contributed by atoms with Gasteiger partial charge in [0.05, 0.1) is 28.5 Å². The summed E-state index contributed by atoms with van der Waals surface area (Å²) in [5.74, 6) is 0.794. The SMILES string of the molecule is C=CCOc1ccc([C@H]2C(C(=O)OCC)=C(C)N=c3s/c(=C/c4cccc(OCc5ccccc5Cl)c4)c(=O)n32)cc1. The predicted octanol–water partition coefficient (Wildman–Crippen LogP) is 5.60. The Morgan fingerprint density at radius 1 is 1.07 bits per heavy atom. The Bertz CT molecular complexity index is 1840. The monoisotopic (exact) mass is 600 g/mol. The smallest absolute Gasteiger partial charge is 0.338 e. The molecule has 1 aliphatic rings. The minimum atomic E-state index is -0.707. The van der Waals surface area contributed by atoms with E-state index in [-0.39, 0.29) is 12.2 Å². The van der Waals surface area contributed by atoms with Gasteiger partial charge >= 0.3 is 5.97 Å². The van der Waals surface area contributed by atoms with Crippen LogP contribution in [0.15, 0.2) is 107 Å². The molecule has 4 aromatic rings. The number of allylic oxidation sites excluding steroid dienone is 1. The second-order valence-electron chi connectivity index (χ2n) is 9.42. The first-order chi connectivity index (χ1) is 20.4. The lowest BCUT2D eigenvalue weighted by atomic mass is 9.96. The molecule has 0 fully saturated rings. The van der Waals surface area contributed by atoms with E-state index in [1.54, 1.807) is 42.7 Å². The van der Waals surface area contributed by atoms with Gasteiger partial charge in [-0.25, -0.2) is 9.79 Å². The molecule has 7 nitrogen and oxygen atoms in total. The van der Waals surface area contributed by atoms with E-state index in [0.29, 0.717) is 50.3 Å². The first-order valence-electron chi connectivity index (χ1n) is 13.4. The molecule has 5 rings (SSSR count). The highest BCUT2D eigenvalue weighted by Crippen LogP contribution is 2.31. The van der Waals surface area contributed by atoms with E-state index >= 15 is 0 Å². The number of thiazole rings is 1. The summed E-state index contributed by atoms with van der Waals surface area (Å²) in [6.45, 7) is 8.07. The minimum Gasteiger partial charge on any atom is -0.490 e. The van der Waals surface area contributed by atoms with Crippen LogP contribution in [0.2, 0.25) is 5.02 Å². The second kappa shape index (κ2) is 13.1. The van der Waals surface area contributed by atoms with Gasteiger partial charge in [0, 0.05) is 10.6 Å². The molecule has 1 aromatic heterocycles. The largest absolute Gasteiger partial charge is 0.490 e. The summed E-state index contributed by atoms with van der Waals surface area (Å²) in [4.78, 5) is 32.2. The van der Waals surface area contributed by atoms with Crippen molar-refractivity contribution in [2.24, 2.45) is 4.99 Å². The summed E-state index contributed by atoms with van der Waals surface area (Å²) in [5.41, 5.74) is 2.98. The Morgan fingerprint density at radius 2 is 1.86 bits per heavy atom. The molecule has 0 saturated heterocycles. The van der Waals surface area contributed by atoms with E-state index in [1.165, 1.54) is 11.3 Å². The molecule has 0 saturated carbocycles. The normalized spacial score (nSPS) is 14.6. The van der Waals surface area contributed by atoms with Gasteiger partial charge in [-0.2, -0.15) is 0 Å². The number of carbonyl (C=O) groups is 1. The van der Waals surface area contributed by atoms with Gasteiger partial charge in [0.15, 0.2) is 4.80 Å². The topological polar surface area (TPSA) is 79.1 Å². The Kier molecular flexibility index (Phi) is 9.05. The van der Waals surface area contributed by atoms with Gasteiger partial charge in [-0.15, -0.1) is 0 Å². The van der Waals surface area contributed by atoms with Gasteiger partial charge in [-0.05, 0) is 61.4 Å². The average molecular weight is 601 g/mol. The fourth-order valence-electron chi connectivity index (χ4n) is 4.63. The summed E-state index contributed by atoms with van der Waals surface area (Å²) in [7, 11) is 0. The van der Waals surface area contributed by atoms with Crippen LogP contribution in [0.25, 0.3) is 6.08 Å². The van der Waals surface area contributed by atoms with Crippen molar-refractivity contribution in [1.82, 2.24) is 4.57 Å². The molecular weight excluding hydrogens is 572 g/mol. The molecule has 0 radical (unpaired) electrons. The summed E-state index contributed by atoms with van der Waals surface area (Å²) in [6.07, 6.45) is 3.47. The van der Waals surface area contributed by atoms with Crippen molar-refractivity contribution in [1.29, 1.82) is 0 Å². The number of benzene rings is 3. The van der Waals surface area contributed by atoms with E-state index in [0.717, 1.165) is 16.7 Å². The Morgan fingerprint density at radius 3 is 2.60 bits per heavy atom. The summed E-state index contributed by atoms with van der Waals surface area (Å²) in [6, 6.07) is 21.6. The number of fused-ring (bicyclic) bond motifs is 1. The maximum absolute atomic E-state index is 13.9. The predicted molar refractivity (Wildman–Crippen MR) is 165 cm³/mol. The first-order valence-corrected chi connectivity index (χ1v) is 14.6. The van der Waals surface area contributed by atoms with Crippen LogP contribution in [-0.2, 0) is 16.1 Å². The fourth-order valence-corrected chi connectivity index (χ4v) is 5.87. The highest BCUT2D eigenvalue weighted by atomic mass is 35.5. The molecule has 1 aliphatic heterocycles. The number of esters is 1. The zero-order valence-corrected chi connectivity index (χ0v) is 24.8. The number of hydrogen-bond acceptors (Lipinski definition) is 7. The van der Waals surface area contributed by atoms with E-state index in [9.17, 15) is 9.59 Å². The Hall–Kier alpha value is -4.40. The van der Waals surface area contributed by atoms with Gasteiger partial charge < -0.3 is 14.2 Å². The van der Waals surface area contributed by atoms with E-state index in [1.807, 2.05) is 60.7 Å². The van der Waals surface area contributed by atoms with E-state index in [2.05, 4.69) is 11.6 Å². The number of carbonyl (C=O) groups excluding carboxylic acids is 1. The van der Waals surface area contributed by atoms with Gasteiger partial charge in [0.2, 0.25) is 0 Å².